The Morgan fingerprint density at radius 3 is 2.87 bits per heavy atom. The lowest BCUT2D eigenvalue weighted by molar-refractivity contribution is 0.208. The third-order valence-electron chi connectivity index (χ3n) is 2.35. The van der Waals surface area contributed by atoms with Crippen molar-refractivity contribution in [1.29, 1.82) is 5.26 Å². The molecule has 80 valence electrons. The number of rotatable bonds is 3. The van der Waals surface area contributed by atoms with Crippen LogP contribution in [0.2, 0.25) is 0 Å². The van der Waals surface area contributed by atoms with Gasteiger partial charge in [-0.1, -0.05) is 12.5 Å². The summed E-state index contributed by atoms with van der Waals surface area (Å²) in [6, 6.07) is 2.18. The summed E-state index contributed by atoms with van der Waals surface area (Å²) in [5, 5.41) is 8.75. The van der Waals surface area contributed by atoms with Crippen molar-refractivity contribution >= 4 is 0 Å². The van der Waals surface area contributed by atoms with E-state index in [9.17, 15) is 0 Å². The van der Waals surface area contributed by atoms with Crippen LogP contribution in [0, 0.1) is 17.2 Å². The van der Waals surface area contributed by atoms with E-state index in [0.29, 0.717) is 12.5 Å². The van der Waals surface area contributed by atoms with Crippen LogP contribution in [-0.4, -0.2) is 6.61 Å². The maximum Gasteiger partial charge on any atom is 0.106 e. The number of nitrogens with zero attached hydrogens (tertiary/aromatic N) is 1. The molecule has 2 heteroatoms. The first-order chi connectivity index (χ1) is 7.13. The molecule has 0 aromatic rings. The van der Waals surface area contributed by atoms with E-state index in [1.165, 1.54) is 5.57 Å². The second-order valence-corrected chi connectivity index (χ2v) is 4.07. The molecule has 0 aromatic heterocycles. The molecule has 0 N–H and O–H groups in total. The Labute approximate surface area is 91.6 Å². The predicted molar refractivity (Wildman–Crippen MR) is 60.9 cm³/mol. The van der Waals surface area contributed by atoms with Gasteiger partial charge in [-0.2, -0.15) is 5.26 Å². The molecule has 0 spiro atoms. The summed E-state index contributed by atoms with van der Waals surface area (Å²) in [6.07, 6.45) is 6.59. The van der Waals surface area contributed by atoms with Gasteiger partial charge in [-0.15, -0.1) is 0 Å². The minimum absolute atomic E-state index is 0.315. The van der Waals surface area contributed by atoms with Gasteiger partial charge in [-0.05, 0) is 38.5 Å². The van der Waals surface area contributed by atoms with Crippen molar-refractivity contribution in [1.82, 2.24) is 0 Å². The van der Waals surface area contributed by atoms with Crippen molar-refractivity contribution in [3.8, 4) is 6.07 Å². The van der Waals surface area contributed by atoms with Crippen LogP contribution in [0.5, 0.6) is 0 Å². The molecule has 1 rings (SSSR count). The van der Waals surface area contributed by atoms with Gasteiger partial charge >= 0.3 is 0 Å². The largest absolute Gasteiger partial charge is 0.494 e. The van der Waals surface area contributed by atoms with Gasteiger partial charge in [0, 0.05) is 11.5 Å². The summed E-state index contributed by atoms with van der Waals surface area (Å²) in [4.78, 5) is 0. The van der Waals surface area contributed by atoms with Crippen molar-refractivity contribution in [2.75, 3.05) is 6.61 Å². The minimum Gasteiger partial charge on any atom is -0.494 e. The minimum atomic E-state index is 0.315. The van der Waals surface area contributed by atoms with Gasteiger partial charge in [0.05, 0.1) is 11.8 Å². The van der Waals surface area contributed by atoms with Gasteiger partial charge in [0.2, 0.25) is 0 Å². The molecule has 15 heavy (non-hydrogen) atoms. The van der Waals surface area contributed by atoms with Crippen LogP contribution in [0.3, 0.4) is 0 Å². The number of ether oxygens (including phenoxy) is 1. The lowest BCUT2D eigenvalue weighted by atomic mass is 9.95. The van der Waals surface area contributed by atoms with Gasteiger partial charge in [-0.25, -0.2) is 0 Å². The molecule has 0 fully saturated rings. The molecule has 1 aliphatic carbocycles. The van der Waals surface area contributed by atoms with E-state index in [1.807, 2.05) is 12.2 Å². The Hall–Kier alpha value is -1.49. The van der Waals surface area contributed by atoms with E-state index in [2.05, 4.69) is 32.9 Å². The smallest absolute Gasteiger partial charge is 0.106 e. The number of allylic oxidation sites excluding steroid dienone is 5. The summed E-state index contributed by atoms with van der Waals surface area (Å²) in [5.74, 6) is 1.29. The molecule has 0 amide bonds. The topological polar surface area (TPSA) is 33.0 Å². The fourth-order valence-corrected chi connectivity index (χ4v) is 1.42. The van der Waals surface area contributed by atoms with E-state index >= 15 is 0 Å². The standard InChI is InChI=1S/C13H17NO/c1-10(2)6-7-15-13-5-4-12(9-14)8-11(13)3/h4-6,11H,7-8H2,1-3H3. The third kappa shape index (κ3) is 3.63. The van der Waals surface area contributed by atoms with Gasteiger partial charge in [-0.3, -0.25) is 0 Å². The molecular formula is C13H17NO. The predicted octanol–water partition coefficient (Wildman–Crippen LogP) is 3.34. The molecule has 1 aliphatic rings. The van der Waals surface area contributed by atoms with E-state index in [4.69, 9.17) is 10.00 Å². The molecule has 0 saturated carbocycles. The first-order valence-electron chi connectivity index (χ1n) is 5.20. The zero-order chi connectivity index (χ0) is 11.3. The van der Waals surface area contributed by atoms with Crippen molar-refractivity contribution in [3.63, 3.8) is 0 Å². The Kier molecular flexibility index (Phi) is 4.17. The zero-order valence-corrected chi connectivity index (χ0v) is 9.58. The third-order valence-corrected chi connectivity index (χ3v) is 2.35. The molecule has 0 heterocycles. The average molecular weight is 203 g/mol. The van der Waals surface area contributed by atoms with Gasteiger partial charge in [0.25, 0.3) is 0 Å². The maximum absolute atomic E-state index is 8.75. The zero-order valence-electron chi connectivity index (χ0n) is 9.58. The number of hydrogen-bond acceptors (Lipinski definition) is 2. The highest BCUT2D eigenvalue weighted by Crippen LogP contribution is 2.25. The van der Waals surface area contributed by atoms with Crippen LogP contribution in [0.4, 0.5) is 0 Å². The van der Waals surface area contributed by atoms with E-state index in [1.54, 1.807) is 0 Å². The average Bonchev–Trinajstić information content (AvgIpc) is 2.20. The van der Waals surface area contributed by atoms with Crippen LogP contribution >= 0.6 is 0 Å². The van der Waals surface area contributed by atoms with Crippen molar-refractivity contribution in [2.45, 2.75) is 27.2 Å². The Morgan fingerprint density at radius 2 is 2.33 bits per heavy atom. The number of hydrogen-bond donors (Lipinski definition) is 0. The fraction of sp³-hybridized carbons (Fsp3) is 0.462. The highest BCUT2D eigenvalue weighted by Gasteiger charge is 2.15. The lowest BCUT2D eigenvalue weighted by Crippen LogP contribution is -2.08. The molecule has 0 bridgehead atoms. The fourth-order valence-electron chi connectivity index (χ4n) is 1.42. The van der Waals surface area contributed by atoms with Crippen molar-refractivity contribution in [2.24, 2.45) is 5.92 Å². The summed E-state index contributed by atoms with van der Waals surface area (Å²) in [6.45, 7) is 6.80. The lowest BCUT2D eigenvalue weighted by Gasteiger charge is -2.18. The first-order valence-corrected chi connectivity index (χ1v) is 5.20. The van der Waals surface area contributed by atoms with E-state index < -0.39 is 0 Å². The maximum atomic E-state index is 8.75. The van der Waals surface area contributed by atoms with Crippen LogP contribution in [0.25, 0.3) is 0 Å². The highest BCUT2D eigenvalue weighted by molar-refractivity contribution is 5.32. The van der Waals surface area contributed by atoms with Gasteiger partial charge in [0.15, 0.2) is 0 Å². The van der Waals surface area contributed by atoms with Gasteiger partial charge < -0.3 is 4.74 Å². The summed E-state index contributed by atoms with van der Waals surface area (Å²) in [7, 11) is 0. The Morgan fingerprint density at radius 1 is 1.60 bits per heavy atom. The normalized spacial score (nSPS) is 19.7. The van der Waals surface area contributed by atoms with E-state index in [-0.39, 0.29) is 0 Å². The van der Waals surface area contributed by atoms with Crippen LogP contribution in [0.1, 0.15) is 27.2 Å². The molecule has 0 saturated heterocycles. The van der Waals surface area contributed by atoms with Crippen LogP contribution in [0.15, 0.2) is 35.1 Å². The number of nitriles is 1. The molecule has 1 atom stereocenters. The molecule has 1 unspecified atom stereocenters. The first kappa shape index (κ1) is 11.6. The summed E-state index contributed by atoms with van der Waals surface area (Å²) in [5.41, 5.74) is 2.09. The monoisotopic (exact) mass is 203 g/mol. The second kappa shape index (κ2) is 5.41. The summed E-state index contributed by atoms with van der Waals surface area (Å²) < 4.78 is 5.63. The molecule has 0 radical (unpaired) electrons. The van der Waals surface area contributed by atoms with Crippen LogP contribution in [-0.2, 0) is 4.74 Å². The Bertz CT molecular complexity index is 351. The Balaban J connectivity index is 2.56. The van der Waals surface area contributed by atoms with Crippen molar-refractivity contribution < 1.29 is 4.74 Å². The van der Waals surface area contributed by atoms with Gasteiger partial charge in [0.1, 0.15) is 6.61 Å². The molecule has 0 aromatic carbocycles. The van der Waals surface area contributed by atoms with Crippen molar-refractivity contribution in [3.05, 3.63) is 35.1 Å². The quantitative estimate of drug-likeness (QED) is 0.659. The molecular weight excluding hydrogens is 186 g/mol. The highest BCUT2D eigenvalue weighted by atomic mass is 16.5. The molecule has 2 nitrogen and oxygen atoms in total. The van der Waals surface area contributed by atoms with E-state index in [0.717, 1.165) is 17.8 Å². The second-order valence-electron chi connectivity index (χ2n) is 4.07. The SMILES string of the molecule is CC(C)=CCOC1=CC=C(C#N)CC1C. The van der Waals surface area contributed by atoms with Crippen LogP contribution < -0.4 is 0 Å². The molecule has 0 aliphatic heterocycles. The summed E-state index contributed by atoms with van der Waals surface area (Å²) >= 11 is 0.